The number of carbonyl (C=O) groups excluding carboxylic acids is 1. The SMILES string of the molecule is Cc1ccc(S(=O)(=O)N[C@@H](Cc2ccccc2)C(=O)Nc2ccc(Cl)cc2C)cc1. The molecule has 0 aliphatic rings. The molecule has 0 saturated carbocycles. The first kappa shape index (κ1) is 22.0. The summed E-state index contributed by atoms with van der Waals surface area (Å²) in [5, 5.41) is 3.38. The molecule has 0 bridgehead atoms. The normalized spacial score (nSPS) is 12.4. The highest BCUT2D eigenvalue weighted by atomic mass is 35.5. The Labute approximate surface area is 182 Å². The van der Waals surface area contributed by atoms with E-state index in [1.807, 2.05) is 44.2 Å². The number of carbonyl (C=O) groups is 1. The second-order valence-corrected chi connectivity index (χ2v) is 9.28. The van der Waals surface area contributed by atoms with Gasteiger partial charge in [0.25, 0.3) is 0 Å². The van der Waals surface area contributed by atoms with E-state index in [0.29, 0.717) is 10.7 Å². The zero-order valence-corrected chi connectivity index (χ0v) is 18.3. The maximum absolute atomic E-state index is 13.0. The summed E-state index contributed by atoms with van der Waals surface area (Å²) in [6.45, 7) is 3.70. The first-order valence-electron chi connectivity index (χ1n) is 9.44. The number of rotatable bonds is 7. The smallest absolute Gasteiger partial charge is 0.242 e. The fourth-order valence-electron chi connectivity index (χ4n) is 3.00. The van der Waals surface area contributed by atoms with Gasteiger partial charge in [0.15, 0.2) is 0 Å². The summed E-state index contributed by atoms with van der Waals surface area (Å²) in [5.74, 6) is -0.444. The van der Waals surface area contributed by atoms with Gasteiger partial charge in [0.2, 0.25) is 15.9 Å². The molecule has 0 unspecified atom stereocenters. The highest BCUT2D eigenvalue weighted by Crippen LogP contribution is 2.20. The van der Waals surface area contributed by atoms with E-state index in [0.717, 1.165) is 16.7 Å². The van der Waals surface area contributed by atoms with Crippen molar-refractivity contribution in [2.45, 2.75) is 31.2 Å². The van der Waals surface area contributed by atoms with Gasteiger partial charge in [-0.1, -0.05) is 59.6 Å². The molecule has 0 aliphatic carbocycles. The summed E-state index contributed by atoms with van der Waals surface area (Å²) in [6, 6.07) is 19.9. The zero-order valence-electron chi connectivity index (χ0n) is 16.7. The Morgan fingerprint density at radius 3 is 2.27 bits per heavy atom. The first-order valence-corrected chi connectivity index (χ1v) is 11.3. The fraction of sp³-hybridized carbons (Fsp3) is 0.174. The van der Waals surface area contributed by atoms with Crippen molar-refractivity contribution >= 4 is 33.2 Å². The molecule has 7 heteroatoms. The van der Waals surface area contributed by atoms with Crippen LogP contribution in [0.3, 0.4) is 0 Å². The Balaban J connectivity index is 1.87. The van der Waals surface area contributed by atoms with Gasteiger partial charge in [0.05, 0.1) is 4.90 Å². The van der Waals surface area contributed by atoms with Crippen LogP contribution in [0.5, 0.6) is 0 Å². The third-order valence-corrected chi connectivity index (χ3v) is 6.40. The topological polar surface area (TPSA) is 75.3 Å². The summed E-state index contributed by atoms with van der Waals surface area (Å²) in [5.41, 5.74) is 3.16. The van der Waals surface area contributed by atoms with Crippen LogP contribution in [0.2, 0.25) is 5.02 Å². The Hall–Kier alpha value is -2.67. The average Bonchev–Trinajstić information content (AvgIpc) is 2.70. The molecule has 0 radical (unpaired) electrons. The van der Waals surface area contributed by atoms with E-state index in [2.05, 4.69) is 10.0 Å². The standard InChI is InChI=1S/C23H23ClN2O3S/c1-16-8-11-20(12-9-16)30(28,29)26-22(15-18-6-4-3-5-7-18)23(27)25-21-13-10-19(24)14-17(21)2/h3-14,22,26H,15H2,1-2H3,(H,25,27)/t22-/m0/s1. The molecule has 2 N–H and O–H groups in total. The van der Waals surface area contributed by atoms with Crippen molar-refractivity contribution in [1.29, 1.82) is 0 Å². The quantitative estimate of drug-likeness (QED) is 0.566. The van der Waals surface area contributed by atoms with E-state index in [9.17, 15) is 13.2 Å². The van der Waals surface area contributed by atoms with Crippen LogP contribution in [0, 0.1) is 13.8 Å². The second kappa shape index (κ2) is 9.43. The molecule has 156 valence electrons. The summed E-state index contributed by atoms with van der Waals surface area (Å²) in [6.07, 6.45) is 0.213. The van der Waals surface area contributed by atoms with Crippen molar-refractivity contribution in [1.82, 2.24) is 4.72 Å². The Morgan fingerprint density at radius 1 is 0.967 bits per heavy atom. The average molecular weight is 443 g/mol. The second-order valence-electron chi connectivity index (χ2n) is 7.13. The number of anilines is 1. The summed E-state index contributed by atoms with van der Waals surface area (Å²) >= 11 is 5.99. The first-order chi connectivity index (χ1) is 14.2. The monoisotopic (exact) mass is 442 g/mol. The highest BCUT2D eigenvalue weighted by Gasteiger charge is 2.26. The summed E-state index contributed by atoms with van der Waals surface area (Å²) in [4.78, 5) is 13.2. The van der Waals surface area contributed by atoms with Crippen molar-refractivity contribution < 1.29 is 13.2 Å². The van der Waals surface area contributed by atoms with Crippen molar-refractivity contribution in [3.63, 3.8) is 0 Å². The van der Waals surface area contributed by atoms with E-state index in [1.54, 1.807) is 30.3 Å². The maximum atomic E-state index is 13.0. The van der Waals surface area contributed by atoms with Crippen LogP contribution in [0.1, 0.15) is 16.7 Å². The van der Waals surface area contributed by atoms with Crippen LogP contribution in [0.25, 0.3) is 0 Å². The fourth-order valence-corrected chi connectivity index (χ4v) is 4.42. The Morgan fingerprint density at radius 2 is 1.63 bits per heavy atom. The van der Waals surface area contributed by atoms with Gasteiger partial charge in [0.1, 0.15) is 6.04 Å². The van der Waals surface area contributed by atoms with Crippen LogP contribution in [0.4, 0.5) is 5.69 Å². The molecule has 1 amide bonds. The molecule has 0 fully saturated rings. The maximum Gasteiger partial charge on any atom is 0.242 e. The molecule has 0 spiro atoms. The van der Waals surface area contributed by atoms with Gasteiger partial charge in [-0.3, -0.25) is 4.79 Å². The number of benzene rings is 3. The number of hydrogen-bond acceptors (Lipinski definition) is 3. The summed E-state index contributed by atoms with van der Waals surface area (Å²) < 4.78 is 28.4. The van der Waals surface area contributed by atoms with Crippen molar-refractivity contribution in [2.75, 3.05) is 5.32 Å². The van der Waals surface area contributed by atoms with Crippen LogP contribution < -0.4 is 10.0 Å². The minimum absolute atomic E-state index is 0.113. The molecule has 0 aromatic heterocycles. The predicted octanol–water partition coefficient (Wildman–Crippen LogP) is 4.49. The molecule has 3 aromatic rings. The van der Waals surface area contributed by atoms with Crippen LogP contribution in [-0.4, -0.2) is 20.4 Å². The number of halogens is 1. The molecular weight excluding hydrogens is 420 g/mol. The summed E-state index contributed by atoms with van der Waals surface area (Å²) in [7, 11) is -3.88. The van der Waals surface area contributed by atoms with E-state index >= 15 is 0 Å². The molecule has 0 aliphatic heterocycles. The van der Waals surface area contributed by atoms with Crippen molar-refractivity contribution in [3.05, 3.63) is 94.5 Å². The molecule has 1 atom stereocenters. The highest BCUT2D eigenvalue weighted by molar-refractivity contribution is 7.89. The number of hydrogen-bond donors (Lipinski definition) is 2. The Kier molecular flexibility index (Phi) is 6.92. The Bertz CT molecular complexity index is 1130. The lowest BCUT2D eigenvalue weighted by Crippen LogP contribution is -2.45. The van der Waals surface area contributed by atoms with Gasteiger partial charge in [0, 0.05) is 10.7 Å². The molecule has 0 heterocycles. The third kappa shape index (κ3) is 5.69. The van der Waals surface area contributed by atoms with E-state index in [4.69, 9.17) is 11.6 Å². The van der Waals surface area contributed by atoms with Gasteiger partial charge in [-0.05, 0) is 61.7 Å². The van der Waals surface area contributed by atoms with Gasteiger partial charge >= 0.3 is 0 Å². The number of amides is 1. The third-order valence-electron chi connectivity index (χ3n) is 4.67. The molecule has 30 heavy (non-hydrogen) atoms. The molecule has 3 aromatic carbocycles. The van der Waals surface area contributed by atoms with E-state index < -0.39 is 22.0 Å². The molecule has 5 nitrogen and oxygen atoms in total. The molecular formula is C23H23ClN2O3S. The lowest BCUT2D eigenvalue weighted by molar-refractivity contribution is -0.117. The van der Waals surface area contributed by atoms with Crippen LogP contribution >= 0.6 is 11.6 Å². The van der Waals surface area contributed by atoms with E-state index in [1.165, 1.54) is 12.1 Å². The minimum Gasteiger partial charge on any atom is -0.324 e. The number of sulfonamides is 1. The van der Waals surface area contributed by atoms with Crippen LogP contribution in [0.15, 0.2) is 77.7 Å². The molecule has 0 saturated heterocycles. The van der Waals surface area contributed by atoms with Crippen molar-refractivity contribution in [2.24, 2.45) is 0 Å². The van der Waals surface area contributed by atoms with Gasteiger partial charge in [-0.15, -0.1) is 0 Å². The van der Waals surface area contributed by atoms with E-state index in [-0.39, 0.29) is 11.3 Å². The zero-order chi connectivity index (χ0) is 21.7. The van der Waals surface area contributed by atoms with Gasteiger partial charge in [-0.2, -0.15) is 4.72 Å². The lowest BCUT2D eigenvalue weighted by atomic mass is 10.1. The van der Waals surface area contributed by atoms with Gasteiger partial charge < -0.3 is 5.32 Å². The van der Waals surface area contributed by atoms with Gasteiger partial charge in [-0.25, -0.2) is 8.42 Å². The lowest BCUT2D eigenvalue weighted by Gasteiger charge is -2.19. The van der Waals surface area contributed by atoms with Crippen molar-refractivity contribution in [3.8, 4) is 0 Å². The van der Waals surface area contributed by atoms with Crippen LogP contribution in [-0.2, 0) is 21.2 Å². The minimum atomic E-state index is -3.88. The number of aryl methyl sites for hydroxylation is 2. The molecule has 3 rings (SSSR count). The largest absolute Gasteiger partial charge is 0.324 e. The number of nitrogens with one attached hydrogen (secondary N) is 2. The predicted molar refractivity (Wildman–Crippen MR) is 120 cm³/mol.